The van der Waals surface area contributed by atoms with E-state index in [0.717, 1.165) is 22.2 Å². The van der Waals surface area contributed by atoms with Crippen LogP contribution in [0, 0.1) is 13.8 Å². The molecule has 8 nitrogen and oxygen atoms in total. The molecule has 168 valence electrons. The van der Waals surface area contributed by atoms with E-state index in [-0.39, 0.29) is 18.4 Å². The molecule has 0 saturated carbocycles. The van der Waals surface area contributed by atoms with Crippen molar-refractivity contribution in [2.24, 2.45) is 0 Å². The monoisotopic (exact) mass is 443 g/mol. The van der Waals surface area contributed by atoms with Gasteiger partial charge in [-0.3, -0.25) is 9.59 Å². The molecular weight excluding hydrogens is 418 g/mol. The molecule has 0 bridgehead atoms. The van der Waals surface area contributed by atoms with Gasteiger partial charge in [0.25, 0.3) is 5.91 Å². The molecule has 1 aliphatic rings. The van der Waals surface area contributed by atoms with Gasteiger partial charge in [-0.2, -0.15) is 5.10 Å². The number of hydrogen-bond acceptors (Lipinski definition) is 5. The first-order chi connectivity index (χ1) is 16.0. The van der Waals surface area contributed by atoms with Crippen molar-refractivity contribution in [3.63, 3.8) is 0 Å². The highest BCUT2D eigenvalue weighted by Gasteiger charge is 2.27. The molecule has 0 N–H and O–H groups in total. The second kappa shape index (κ2) is 8.54. The Morgan fingerprint density at radius 3 is 2.52 bits per heavy atom. The number of carbonyl (C=O) groups is 2. The number of carbonyl (C=O) groups excluding carboxylic acids is 2. The molecule has 33 heavy (non-hydrogen) atoms. The van der Waals surface area contributed by atoms with Crippen molar-refractivity contribution in [3.05, 3.63) is 71.9 Å². The molecule has 1 saturated heterocycles. The largest absolute Gasteiger partial charge is 0.459 e. The van der Waals surface area contributed by atoms with E-state index in [2.05, 4.69) is 35.2 Å². The van der Waals surface area contributed by atoms with Crippen molar-refractivity contribution in [3.8, 4) is 11.1 Å². The minimum absolute atomic E-state index is 0.0349. The van der Waals surface area contributed by atoms with Crippen LogP contribution in [0.4, 0.5) is 0 Å². The Morgan fingerprint density at radius 2 is 1.79 bits per heavy atom. The molecule has 0 spiro atoms. The lowest BCUT2D eigenvalue weighted by Gasteiger charge is -2.34. The third kappa shape index (κ3) is 4.00. The van der Waals surface area contributed by atoms with Gasteiger partial charge in [-0.1, -0.05) is 29.8 Å². The molecule has 3 aromatic heterocycles. The number of piperazine rings is 1. The normalized spacial score (nSPS) is 14.1. The van der Waals surface area contributed by atoms with E-state index in [4.69, 9.17) is 4.42 Å². The standard InChI is InChI=1S/C25H25N5O3/c1-17-5-3-6-19(15-17)20-8-9-26-24-23(20)18(2)27-30(24)16-22(31)28-10-12-29(13-11-28)25(32)21-7-4-14-33-21/h3-9,14-15H,10-13,16H2,1-2H3. The predicted molar refractivity (Wildman–Crippen MR) is 124 cm³/mol. The molecule has 4 aromatic rings. The van der Waals surface area contributed by atoms with Crippen LogP contribution in [0.25, 0.3) is 22.2 Å². The minimum Gasteiger partial charge on any atom is -0.459 e. The molecule has 5 rings (SSSR count). The molecule has 2 amide bonds. The van der Waals surface area contributed by atoms with Crippen molar-refractivity contribution in [1.82, 2.24) is 24.6 Å². The number of pyridine rings is 1. The first kappa shape index (κ1) is 20.9. The Morgan fingerprint density at radius 1 is 1.00 bits per heavy atom. The number of benzene rings is 1. The number of hydrogen-bond donors (Lipinski definition) is 0. The SMILES string of the molecule is Cc1cccc(-c2ccnc3c2c(C)nn3CC(=O)N2CCN(C(=O)c3ccco3)CC2)c1. The molecule has 0 aliphatic carbocycles. The van der Waals surface area contributed by atoms with Crippen molar-refractivity contribution >= 4 is 22.8 Å². The molecule has 8 heteroatoms. The van der Waals surface area contributed by atoms with E-state index in [1.54, 1.807) is 32.8 Å². The zero-order valence-corrected chi connectivity index (χ0v) is 18.7. The number of rotatable bonds is 4. The van der Waals surface area contributed by atoms with Gasteiger partial charge in [0, 0.05) is 37.8 Å². The van der Waals surface area contributed by atoms with Gasteiger partial charge in [0.1, 0.15) is 6.54 Å². The zero-order valence-electron chi connectivity index (χ0n) is 18.7. The fourth-order valence-electron chi connectivity index (χ4n) is 4.39. The van der Waals surface area contributed by atoms with E-state index in [1.807, 2.05) is 19.1 Å². The number of nitrogens with zero attached hydrogens (tertiary/aromatic N) is 5. The summed E-state index contributed by atoms with van der Waals surface area (Å²) in [4.78, 5) is 33.5. The fourth-order valence-corrected chi connectivity index (χ4v) is 4.39. The van der Waals surface area contributed by atoms with E-state index >= 15 is 0 Å². The quantitative estimate of drug-likeness (QED) is 0.483. The Hall–Kier alpha value is -3.94. The molecule has 0 radical (unpaired) electrons. The minimum atomic E-state index is -0.145. The first-order valence-corrected chi connectivity index (χ1v) is 11.0. The van der Waals surface area contributed by atoms with Gasteiger partial charge in [0.05, 0.1) is 12.0 Å². The molecule has 1 aromatic carbocycles. The highest BCUT2D eigenvalue weighted by Crippen LogP contribution is 2.30. The smallest absolute Gasteiger partial charge is 0.289 e. The summed E-state index contributed by atoms with van der Waals surface area (Å²) in [5.74, 6) is 0.143. The van der Waals surface area contributed by atoms with Crippen LogP contribution in [0.3, 0.4) is 0 Å². The van der Waals surface area contributed by atoms with Gasteiger partial charge in [-0.15, -0.1) is 0 Å². The maximum atomic E-state index is 13.0. The number of aryl methyl sites for hydroxylation is 2. The third-order valence-electron chi connectivity index (χ3n) is 6.07. The van der Waals surface area contributed by atoms with Gasteiger partial charge in [0.2, 0.25) is 5.91 Å². The van der Waals surface area contributed by atoms with Crippen LogP contribution < -0.4 is 0 Å². The van der Waals surface area contributed by atoms with E-state index in [0.29, 0.717) is 37.6 Å². The topological polar surface area (TPSA) is 84.5 Å². The highest BCUT2D eigenvalue weighted by atomic mass is 16.3. The fraction of sp³-hybridized carbons (Fsp3) is 0.280. The van der Waals surface area contributed by atoms with Gasteiger partial charge >= 0.3 is 0 Å². The first-order valence-electron chi connectivity index (χ1n) is 11.0. The summed E-state index contributed by atoms with van der Waals surface area (Å²) in [7, 11) is 0. The number of fused-ring (bicyclic) bond motifs is 1. The van der Waals surface area contributed by atoms with Crippen LogP contribution in [0.5, 0.6) is 0 Å². The summed E-state index contributed by atoms with van der Waals surface area (Å²) in [6, 6.07) is 13.7. The number of aromatic nitrogens is 3. The predicted octanol–water partition coefficient (Wildman–Crippen LogP) is 3.29. The van der Waals surface area contributed by atoms with Crippen LogP contribution in [0.2, 0.25) is 0 Å². The molecule has 1 aliphatic heterocycles. The summed E-state index contributed by atoms with van der Waals surface area (Å²) < 4.78 is 6.89. The van der Waals surface area contributed by atoms with Crippen LogP contribution in [-0.2, 0) is 11.3 Å². The third-order valence-corrected chi connectivity index (χ3v) is 6.07. The Bertz CT molecular complexity index is 1320. The summed E-state index contributed by atoms with van der Waals surface area (Å²) >= 11 is 0. The Balaban J connectivity index is 1.32. The van der Waals surface area contributed by atoms with Crippen LogP contribution >= 0.6 is 0 Å². The average molecular weight is 444 g/mol. The molecule has 1 fully saturated rings. The van der Waals surface area contributed by atoms with Crippen molar-refractivity contribution in [2.45, 2.75) is 20.4 Å². The molecule has 0 unspecified atom stereocenters. The van der Waals surface area contributed by atoms with Gasteiger partial charge in [-0.25, -0.2) is 9.67 Å². The Labute approximate surface area is 191 Å². The molecule has 0 atom stereocenters. The second-order valence-electron chi connectivity index (χ2n) is 8.32. The second-order valence-corrected chi connectivity index (χ2v) is 8.32. The zero-order chi connectivity index (χ0) is 22.9. The van der Waals surface area contributed by atoms with E-state index < -0.39 is 0 Å². The summed E-state index contributed by atoms with van der Waals surface area (Å²) in [5, 5.41) is 5.60. The van der Waals surface area contributed by atoms with E-state index in [1.165, 1.54) is 11.8 Å². The number of furan rings is 1. The maximum absolute atomic E-state index is 13.0. The van der Waals surface area contributed by atoms with Crippen molar-refractivity contribution in [2.75, 3.05) is 26.2 Å². The summed E-state index contributed by atoms with van der Waals surface area (Å²) in [6.45, 7) is 6.03. The summed E-state index contributed by atoms with van der Waals surface area (Å²) in [6.07, 6.45) is 3.25. The van der Waals surface area contributed by atoms with Crippen molar-refractivity contribution in [1.29, 1.82) is 0 Å². The lowest BCUT2D eigenvalue weighted by molar-refractivity contribution is -0.133. The van der Waals surface area contributed by atoms with Crippen LogP contribution in [-0.4, -0.2) is 62.6 Å². The van der Waals surface area contributed by atoms with Gasteiger partial charge in [-0.05, 0) is 43.2 Å². The van der Waals surface area contributed by atoms with Crippen LogP contribution in [0.1, 0.15) is 21.8 Å². The Kier molecular flexibility index (Phi) is 5.42. The molecule has 4 heterocycles. The average Bonchev–Trinajstić information content (AvgIpc) is 3.47. The highest BCUT2D eigenvalue weighted by molar-refractivity contribution is 5.95. The summed E-state index contributed by atoms with van der Waals surface area (Å²) in [5.41, 5.74) is 4.89. The maximum Gasteiger partial charge on any atom is 0.289 e. The molecular formula is C25H25N5O3. The van der Waals surface area contributed by atoms with Crippen molar-refractivity contribution < 1.29 is 14.0 Å². The lowest BCUT2D eigenvalue weighted by atomic mass is 10.0. The number of amides is 2. The van der Waals surface area contributed by atoms with Crippen LogP contribution in [0.15, 0.2) is 59.3 Å². The van der Waals surface area contributed by atoms with Gasteiger partial charge < -0.3 is 14.2 Å². The van der Waals surface area contributed by atoms with Gasteiger partial charge in [0.15, 0.2) is 11.4 Å². The lowest BCUT2D eigenvalue weighted by Crippen LogP contribution is -2.51. The van der Waals surface area contributed by atoms with E-state index in [9.17, 15) is 9.59 Å².